The predicted molar refractivity (Wildman–Crippen MR) is 60.8 cm³/mol. The van der Waals surface area contributed by atoms with Gasteiger partial charge in [-0.1, -0.05) is 0 Å². The minimum atomic E-state index is -3.43. The second-order valence-electron chi connectivity index (χ2n) is 3.06. The minimum absolute atomic E-state index is 0.00523. The molecule has 1 rings (SSSR count). The van der Waals surface area contributed by atoms with Gasteiger partial charge in [0, 0.05) is 16.8 Å². The van der Waals surface area contributed by atoms with Gasteiger partial charge in [0.05, 0.1) is 12.0 Å². The number of methoxy groups -OCH3 is 1. The van der Waals surface area contributed by atoms with E-state index in [1.165, 1.54) is 19.2 Å². The van der Waals surface area contributed by atoms with E-state index in [1.807, 2.05) is 0 Å². The molecule has 88 valence electrons. The van der Waals surface area contributed by atoms with E-state index < -0.39 is 15.8 Å². The lowest BCUT2D eigenvalue weighted by Crippen LogP contribution is -2.05. The lowest BCUT2D eigenvalue weighted by molar-refractivity contribution is 0.0693. The lowest BCUT2D eigenvalue weighted by atomic mass is 10.2. The molecule has 1 aromatic rings. The normalized spacial score (nSPS) is 11.2. The van der Waals surface area contributed by atoms with Crippen molar-refractivity contribution >= 4 is 31.7 Å². The largest absolute Gasteiger partial charge is 0.496 e. The van der Waals surface area contributed by atoms with Crippen LogP contribution in [0.4, 0.5) is 0 Å². The third-order valence-electron chi connectivity index (χ3n) is 1.88. The summed E-state index contributed by atoms with van der Waals surface area (Å²) in [4.78, 5) is 10.8. The van der Waals surface area contributed by atoms with Crippen LogP contribution >= 0.6 is 15.9 Å². The topological polar surface area (TPSA) is 80.7 Å². The first-order valence-electron chi connectivity index (χ1n) is 4.08. The van der Waals surface area contributed by atoms with E-state index in [2.05, 4.69) is 15.9 Å². The van der Waals surface area contributed by atoms with Gasteiger partial charge in [-0.15, -0.1) is 0 Å². The van der Waals surface area contributed by atoms with Gasteiger partial charge in [0.15, 0.2) is 9.84 Å². The molecule has 0 aliphatic heterocycles. The average molecular weight is 309 g/mol. The summed E-state index contributed by atoms with van der Waals surface area (Å²) < 4.78 is 27.8. The SMILES string of the molecule is COc1cc(S(C)(=O)=O)c(Br)cc1C(=O)O. The van der Waals surface area contributed by atoms with Crippen LogP contribution in [0.15, 0.2) is 21.5 Å². The van der Waals surface area contributed by atoms with Gasteiger partial charge in [0.25, 0.3) is 0 Å². The summed E-state index contributed by atoms with van der Waals surface area (Å²) in [5, 5.41) is 8.86. The van der Waals surface area contributed by atoms with E-state index in [9.17, 15) is 13.2 Å². The van der Waals surface area contributed by atoms with E-state index >= 15 is 0 Å². The fourth-order valence-corrected chi connectivity index (χ4v) is 3.11. The first-order chi connectivity index (χ1) is 7.27. The van der Waals surface area contributed by atoms with Crippen molar-refractivity contribution in [1.82, 2.24) is 0 Å². The number of aromatic carboxylic acids is 1. The van der Waals surface area contributed by atoms with Crippen LogP contribution in [0.2, 0.25) is 0 Å². The molecule has 16 heavy (non-hydrogen) atoms. The maximum absolute atomic E-state index is 11.4. The first kappa shape index (κ1) is 13.0. The number of carboxylic acids is 1. The number of carboxylic acid groups (broad SMARTS) is 1. The number of halogens is 1. The standard InChI is InChI=1S/C9H9BrO5S/c1-15-7-4-8(16(2,13)14)6(10)3-5(7)9(11)12/h3-4H,1-2H3,(H,11,12). The molecule has 0 atom stereocenters. The predicted octanol–water partition coefficient (Wildman–Crippen LogP) is 1.56. The van der Waals surface area contributed by atoms with Gasteiger partial charge in [-0.25, -0.2) is 13.2 Å². The molecule has 0 aromatic heterocycles. The first-order valence-corrected chi connectivity index (χ1v) is 6.76. The number of ether oxygens (including phenoxy) is 1. The van der Waals surface area contributed by atoms with Gasteiger partial charge in [-0.3, -0.25) is 0 Å². The van der Waals surface area contributed by atoms with Gasteiger partial charge in [-0.2, -0.15) is 0 Å². The molecule has 7 heteroatoms. The Kier molecular flexibility index (Phi) is 3.59. The fraction of sp³-hybridized carbons (Fsp3) is 0.222. The van der Waals surface area contributed by atoms with Gasteiger partial charge >= 0.3 is 5.97 Å². The van der Waals surface area contributed by atoms with Gasteiger partial charge in [0.2, 0.25) is 0 Å². The molecule has 0 amide bonds. The molecule has 0 spiro atoms. The van der Waals surface area contributed by atoms with Crippen LogP contribution in [-0.2, 0) is 9.84 Å². The summed E-state index contributed by atoms with van der Waals surface area (Å²) >= 11 is 3.02. The van der Waals surface area contributed by atoms with Crippen molar-refractivity contribution in [2.24, 2.45) is 0 Å². The summed E-state index contributed by atoms with van der Waals surface area (Å²) in [6.07, 6.45) is 1.03. The number of sulfone groups is 1. The third-order valence-corrected chi connectivity index (χ3v) is 3.94. The van der Waals surface area contributed by atoms with E-state index in [4.69, 9.17) is 9.84 Å². The summed E-state index contributed by atoms with van der Waals surface area (Å²) in [6, 6.07) is 2.39. The van der Waals surface area contributed by atoms with Crippen molar-refractivity contribution < 1.29 is 23.1 Å². The number of hydrogen-bond acceptors (Lipinski definition) is 4. The van der Waals surface area contributed by atoms with Crippen molar-refractivity contribution in [3.63, 3.8) is 0 Å². The molecule has 0 bridgehead atoms. The number of hydrogen-bond donors (Lipinski definition) is 1. The molecule has 0 aliphatic carbocycles. The van der Waals surface area contributed by atoms with Crippen LogP contribution in [0.3, 0.4) is 0 Å². The summed E-state index contributed by atoms with van der Waals surface area (Å²) in [6.45, 7) is 0. The zero-order chi connectivity index (χ0) is 12.5. The number of rotatable bonds is 3. The molecule has 0 aliphatic rings. The molecule has 0 fully saturated rings. The van der Waals surface area contributed by atoms with Crippen LogP contribution < -0.4 is 4.74 Å². The zero-order valence-electron chi connectivity index (χ0n) is 8.52. The Hall–Kier alpha value is -1.08. The Morgan fingerprint density at radius 1 is 1.44 bits per heavy atom. The van der Waals surface area contributed by atoms with Crippen LogP contribution in [0, 0.1) is 0 Å². The second kappa shape index (κ2) is 4.42. The molecular formula is C9H9BrO5S. The maximum atomic E-state index is 11.4. The summed E-state index contributed by atoms with van der Waals surface area (Å²) in [5.41, 5.74) is -0.0956. The molecule has 1 aromatic carbocycles. The highest BCUT2D eigenvalue weighted by Crippen LogP contribution is 2.30. The quantitative estimate of drug-likeness (QED) is 0.916. The Balaban J connectivity index is 3.56. The second-order valence-corrected chi connectivity index (χ2v) is 5.90. The van der Waals surface area contributed by atoms with E-state index in [1.54, 1.807) is 0 Å². The van der Waals surface area contributed by atoms with Crippen molar-refractivity contribution in [3.8, 4) is 5.75 Å². The van der Waals surface area contributed by atoms with Gasteiger partial charge in [-0.05, 0) is 22.0 Å². The van der Waals surface area contributed by atoms with E-state index in [-0.39, 0.29) is 20.7 Å². The highest BCUT2D eigenvalue weighted by Gasteiger charge is 2.19. The maximum Gasteiger partial charge on any atom is 0.339 e. The Morgan fingerprint density at radius 2 is 2.00 bits per heavy atom. The Morgan fingerprint density at radius 3 is 2.38 bits per heavy atom. The van der Waals surface area contributed by atoms with Crippen LogP contribution in [0.5, 0.6) is 5.75 Å². The highest BCUT2D eigenvalue weighted by molar-refractivity contribution is 9.10. The molecule has 0 radical (unpaired) electrons. The molecule has 0 saturated carbocycles. The van der Waals surface area contributed by atoms with Gasteiger partial charge in [0.1, 0.15) is 11.3 Å². The van der Waals surface area contributed by atoms with E-state index in [0.29, 0.717) is 0 Å². The van der Waals surface area contributed by atoms with Crippen molar-refractivity contribution in [1.29, 1.82) is 0 Å². The smallest absolute Gasteiger partial charge is 0.339 e. The molecule has 0 heterocycles. The molecule has 5 nitrogen and oxygen atoms in total. The van der Waals surface area contributed by atoms with E-state index in [0.717, 1.165) is 6.26 Å². The van der Waals surface area contributed by atoms with Crippen molar-refractivity contribution in [2.75, 3.05) is 13.4 Å². The molecular weight excluding hydrogens is 300 g/mol. The molecule has 1 N–H and O–H groups in total. The zero-order valence-corrected chi connectivity index (χ0v) is 10.9. The lowest BCUT2D eigenvalue weighted by Gasteiger charge is -2.08. The number of carbonyl (C=O) groups is 1. The van der Waals surface area contributed by atoms with Crippen molar-refractivity contribution in [2.45, 2.75) is 4.90 Å². The summed E-state index contributed by atoms with van der Waals surface area (Å²) in [5.74, 6) is -1.17. The fourth-order valence-electron chi connectivity index (χ4n) is 1.15. The summed E-state index contributed by atoms with van der Waals surface area (Å²) in [7, 11) is -2.15. The van der Waals surface area contributed by atoms with Gasteiger partial charge < -0.3 is 9.84 Å². The average Bonchev–Trinajstić information content (AvgIpc) is 2.15. The van der Waals surface area contributed by atoms with Crippen LogP contribution in [-0.4, -0.2) is 32.9 Å². The Labute approximate surface area is 101 Å². The molecule has 0 unspecified atom stereocenters. The monoisotopic (exact) mass is 308 g/mol. The van der Waals surface area contributed by atoms with Crippen LogP contribution in [0.1, 0.15) is 10.4 Å². The number of benzene rings is 1. The molecule has 0 saturated heterocycles. The van der Waals surface area contributed by atoms with Crippen molar-refractivity contribution in [3.05, 3.63) is 22.2 Å². The minimum Gasteiger partial charge on any atom is -0.496 e. The highest BCUT2D eigenvalue weighted by atomic mass is 79.9. The Bertz CT molecular complexity index is 535. The van der Waals surface area contributed by atoms with Crippen LogP contribution in [0.25, 0.3) is 0 Å². The third kappa shape index (κ3) is 2.53.